The van der Waals surface area contributed by atoms with Crippen molar-refractivity contribution in [3.05, 3.63) is 71.3 Å². The summed E-state index contributed by atoms with van der Waals surface area (Å²) in [7, 11) is 0. The van der Waals surface area contributed by atoms with Crippen LogP contribution < -0.4 is 0 Å². The van der Waals surface area contributed by atoms with Crippen LogP contribution in [-0.2, 0) is 16.1 Å². The molecule has 200 valence electrons. The van der Waals surface area contributed by atoms with Crippen molar-refractivity contribution in [3.8, 4) is 0 Å². The number of carbonyl (C=O) groups is 2. The number of ether oxygens (including phenoxy) is 1. The molecule has 2 saturated heterocycles. The van der Waals surface area contributed by atoms with Gasteiger partial charge in [0, 0.05) is 25.2 Å². The highest BCUT2D eigenvalue weighted by molar-refractivity contribution is 5.94. The molecule has 2 heterocycles. The van der Waals surface area contributed by atoms with Gasteiger partial charge in [0.05, 0.1) is 11.5 Å². The first-order valence-corrected chi connectivity index (χ1v) is 13.5. The van der Waals surface area contributed by atoms with E-state index in [1.54, 1.807) is 4.90 Å². The highest BCUT2D eigenvalue weighted by Gasteiger charge is 2.42. The molecule has 7 nitrogen and oxygen atoms in total. The number of amides is 1. The third-order valence-electron chi connectivity index (χ3n) is 7.90. The SMILES string of the molecule is Cc1cccc(C(=O)N2CCCCC3(CCN(Cc4ccccc4)CC3)C(=O)OC[C@@H](O)[C@@H](O)CC2)c1. The van der Waals surface area contributed by atoms with Gasteiger partial charge in [0.2, 0.25) is 0 Å². The number of benzene rings is 2. The third-order valence-corrected chi connectivity index (χ3v) is 7.90. The van der Waals surface area contributed by atoms with E-state index in [-0.39, 0.29) is 24.9 Å². The van der Waals surface area contributed by atoms with Gasteiger partial charge >= 0.3 is 5.97 Å². The average Bonchev–Trinajstić information content (AvgIpc) is 2.92. The number of rotatable bonds is 3. The molecule has 0 bridgehead atoms. The van der Waals surface area contributed by atoms with Crippen molar-refractivity contribution in [3.63, 3.8) is 0 Å². The van der Waals surface area contributed by atoms with Crippen molar-refractivity contribution in [1.29, 1.82) is 0 Å². The van der Waals surface area contributed by atoms with E-state index in [1.165, 1.54) is 5.56 Å². The number of aryl methyl sites for hydroxylation is 1. The van der Waals surface area contributed by atoms with Crippen molar-refractivity contribution in [2.75, 3.05) is 32.8 Å². The molecule has 0 saturated carbocycles. The third kappa shape index (κ3) is 7.18. The molecule has 0 unspecified atom stereocenters. The predicted molar refractivity (Wildman–Crippen MR) is 142 cm³/mol. The van der Waals surface area contributed by atoms with Gasteiger partial charge in [0.25, 0.3) is 5.91 Å². The second-order valence-corrected chi connectivity index (χ2v) is 10.7. The molecule has 2 aliphatic rings. The summed E-state index contributed by atoms with van der Waals surface area (Å²) < 4.78 is 5.59. The highest BCUT2D eigenvalue weighted by Crippen LogP contribution is 2.38. The molecule has 4 rings (SSSR count). The van der Waals surface area contributed by atoms with Gasteiger partial charge in [-0.2, -0.15) is 0 Å². The molecule has 2 atom stereocenters. The lowest BCUT2D eigenvalue weighted by Gasteiger charge is -2.40. The number of piperidine rings is 1. The summed E-state index contributed by atoms with van der Waals surface area (Å²) in [6.45, 7) is 5.05. The van der Waals surface area contributed by atoms with Crippen molar-refractivity contribution in [2.24, 2.45) is 5.41 Å². The fourth-order valence-electron chi connectivity index (χ4n) is 5.48. The number of aliphatic hydroxyl groups is 2. The summed E-state index contributed by atoms with van der Waals surface area (Å²) in [4.78, 5) is 30.7. The first kappa shape index (κ1) is 27.3. The summed E-state index contributed by atoms with van der Waals surface area (Å²) in [6, 6.07) is 17.9. The second kappa shape index (κ2) is 12.7. The molecular weight excluding hydrogens is 468 g/mol. The van der Waals surface area contributed by atoms with Crippen LogP contribution in [-0.4, -0.2) is 76.9 Å². The summed E-state index contributed by atoms with van der Waals surface area (Å²) in [5, 5.41) is 21.0. The van der Waals surface area contributed by atoms with E-state index >= 15 is 0 Å². The Hall–Kier alpha value is -2.74. The number of cyclic esters (lactones) is 1. The quantitative estimate of drug-likeness (QED) is 0.617. The van der Waals surface area contributed by atoms with Crippen LogP contribution in [0.5, 0.6) is 0 Å². The summed E-state index contributed by atoms with van der Waals surface area (Å²) in [6.07, 6.45) is 1.61. The molecule has 2 aromatic carbocycles. The molecule has 2 aromatic rings. The molecule has 1 spiro atoms. The smallest absolute Gasteiger partial charge is 0.312 e. The predicted octanol–water partition coefficient (Wildman–Crippen LogP) is 3.56. The molecule has 0 radical (unpaired) electrons. The van der Waals surface area contributed by atoms with Crippen LogP contribution >= 0.6 is 0 Å². The van der Waals surface area contributed by atoms with Gasteiger partial charge in [-0.1, -0.05) is 54.4 Å². The number of hydrogen-bond donors (Lipinski definition) is 2. The largest absolute Gasteiger partial charge is 0.462 e. The van der Waals surface area contributed by atoms with Gasteiger partial charge in [0.1, 0.15) is 12.7 Å². The van der Waals surface area contributed by atoms with Crippen molar-refractivity contribution in [1.82, 2.24) is 9.80 Å². The monoisotopic (exact) mass is 508 g/mol. The Morgan fingerprint density at radius 1 is 0.946 bits per heavy atom. The van der Waals surface area contributed by atoms with Crippen LogP contribution in [0.3, 0.4) is 0 Å². The summed E-state index contributed by atoms with van der Waals surface area (Å²) >= 11 is 0. The Morgan fingerprint density at radius 2 is 1.70 bits per heavy atom. The maximum atomic E-state index is 13.3. The first-order valence-electron chi connectivity index (χ1n) is 13.5. The Labute approximate surface area is 220 Å². The lowest BCUT2D eigenvalue weighted by Crippen LogP contribution is -2.45. The minimum atomic E-state index is -1.18. The van der Waals surface area contributed by atoms with Crippen LogP contribution in [0.25, 0.3) is 0 Å². The molecule has 0 aliphatic carbocycles. The molecule has 2 aliphatic heterocycles. The van der Waals surface area contributed by atoms with Crippen LogP contribution in [0.2, 0.25) is 0 Å². The molecular formula is C30H40N2O5. The fourth-order valence-corrected chi connectivity index (χ4v) is 5.48. The molecule has 37 heavy (non-hydrogen) atoms. The zero-order chi connectivity index (χ0) is 26.3. The maximum Gasteiger partial charge on any atom is 0.312 e. The zero-order valence-electron chi connectivity index (χ0n) is 21.8. The van der Waals surface area contributed by atoms with Crippen molar-refractivity contribution >= 4 is 11.9 Å². The fraction of sp³-hybridized carbons (Fsp3) is 0.533. The van der Waals surface area contributed by atoms with Gasteiger partial charge in [-0.15, -0.1) is 0 Å². The van der Waals surface area contributed by atoms with Gasteiger partial charge in [-0.3, -0.25) is 14.5 Å². The molecule has 2 N–H and O–H groups in total. The number of carbonyl (C=O) groups excluding carboxylic acids is 2. The molecule has 0 aromatic heterocycles. The van der Waals surface area contributed by atoms with E-state index < -0.39 is 17.6 Å². The number of esters is 1. The van der Waals surface area contributed by atoms with Crippen molar-refractivity contribution < 1.29 is 24.5 Å². The standard InChI is InChI=1S/C30H40N2O5/c1-23-8-7-11-25(20-23)28(35)32-16-6-5-13-30(29(36)37-22-27(34)26(33)12-17-32)14-18-31(19-15-30)21-24-9-3-2-4-10-24/h2-4,7-11,20,26-27,33-34H,5-6,12-19,21-22H2,1H3/t26-,27+/m0/s1. The minimum Gasteiger partial charge on any atom is -0.462 e. The van der Waals surface area contributed by atoms with Crippen LogP contribution in [0.15, 0.2) is 54.6 Å². The van der Waals surface area contributed by atoms with Gasteiger partial charge in [0.15, 0.2) is 0 Å². The van der Waals surface area contributed by atoms with Gasteiger partial charge in [-0.05, 0) is 69.8 Å². The average molecular weight is 509 g/mol. The lowest BCUT2D eigenvalue weighted by atomic mass is 9.74. The minimum absolute atomic E-state index is 0.0727. The Morgan fingerprint density at radius 3 is 2.43 bits per heavy atom. The number of hydrogen-bond acceptors (Lipinski definition) is 6. The van der Waals surface area contributed by atoms with Crippen LogP contribution in [0.4, 0.5) is 0 Å². The maximum absolute atomic E-state index is 13.3. The van der Waals surface area contributed by atoms with Crippen molar-refractivity contribution in [2.45, 2.75) is 64.2 Å². The Kier molecular flexibility index (Phi) is 9.35. The summed E-state index contributed by atoms with van der Waals surface area (Å²) in [5.41, 5.74) is 2.30. The van der Waals surface area contributed by atoms with Gasteiger partial charge < -0.3 is 19.8 Å². The second-order valence-electron chi connectivity index (χ2n) is 10.7. The summed E-state index contributed by atoms with van der Waals surface area (Å²) in [5.74, 6) is -0.346. The molecule has 1 amide bonds. The highest BCUT2D eigenvalue weighted by atomic mass is 16.5. The molecule has 7 heteroatoms. The van der Waals surface area contributed by atoms with Crippen LogP contribution in [0, 0.1) is 12.3 Å². The Bertz CT molecular complexity index is 1040. The van der Waals surface area contributed by atoms with E-state index in [1.807, 2.05) is 49.4 Å². The number of aliphatic hydroxyl groups excluding tert-OH is 2. The van der Waals surface area contributed by atoms with E-state index in [2.05, 4.69) is 17.0 Å². The van der Waals surface area contributed by atoms with E-state index in [9.17, 15) is 19.8 Å². The molecule has 2 fully saturated rings. The Balaban J connectivity index is 1.43. The first-order chi connectivity index (χ1) is 17.9. The van der Waals surface area contributed by atoms with E-state index in [0.717, 1.165) is 38.0 Å². The normalized spacial score (nSPS) is 24.0. The van der Waals surface area contributed by atoms with Gasteiger partial charge in [-0.25, -0.2) is 0 Å². The van der Waals surface area contributed by atoms with E-state index in [0.29, 0.717) is 37.9 Å². The zero-order valence-corrected chi connectivity index (χ0v) is 21.8. The number of nitrogens with zero attached hydrogens (tertiary/aromatic N) is 2. The van der Waals surface area contributed by atoms with Crippen LogP contribution in [0.1, 0.15) is 60.0 Å². The number of likely N-dealkylation sites (tertiary alicyclic amines) is 1. The topological polar surface area (TPSA) is 90.3 Å². The lowest BCUT2D eigenvalue weighted by molar-refractivity contribution is -0.165. The van der Waals surface area contributed by atoms with E-state index in [4.69, 9.17) is 4.74 Å².